The van der Waals surface area contributed by atoms with Crippen LogP contribution in [0.3, 0.4) is 0 Å². The van der Waals surface area contributed by atoms with Gasteiger partial charge in [0.2, 0.25) is 0 Å². The van der Waals surface area contributed by atoms with Crippen LogP contribution in [0.2, 0.25) is 0 Å². The summed E-state index contributed by atoms with van der Waals surface area (Å²) in [6, 6.07) is 73.8. The van der Waals surface area contributed by atoms with Crippen LogP contribution in [0, 0.1) is 0 Å². The van der Waals surface area contributed by atoms with Gasteiger partial charge in [-0.25, -0.2) is 0 Å². The first-order valence-corrected chi connectivity index (χ1v) is 20.4. The zero-order valence-corrected chi connectivity index (χ0v) is 32.3. The van der Waals surface area contributed by atoms with Crippen LogP contribution in [0.5, 0.6) is 0 Å². The van der Waals surface area contributed by atoms with Gasteiger partial charge in [0.1, 0.15) is 22.3 Å². The van der Waals surface area contributed by atoms with Gasteiger partial charge in [-0.2, -0.15) is 0 Å². The number of fused-ring (bicyclic) bond motifs is 12. The van der Waals surface area contributed by atoms with Crippen molar-refractivity contribution in [3.8, 4) is 22.3 Å². The van der Waals surface area contributed by atoms with E-state index < -0.39 is 0 Å². The Labute approximate surface area is 345 Å². The molecule has 60 heavy (non-hydrogen) atoms. The quantitative estimate of drug-likeness (QED) is 0.169. The number of para-hydroxylation sites is 4. The highest BCUT2D eigenvalue weighted by molar-refractivity contribution is 6.13. The number of furan rings is 2. The Balaban J connectivity index is 0.899. The molecule has 13 rings (SSSR count). The van der Waals surface area contributed by atoms with Crippen molar-refractivity contribution in [1.29, 1.82) is 0 Å². The Morgan fingerprint density at radius 2 is 0.583 bits per heavy atom. The fourth-order valence-electron chi connectivity index (χ4n) is 9.43. The molecular weight excluding hydrogens is 733 g/mol. The van der Waals surface area contributed by atoms with Gasteiger partial charge >= 0.3 is 0 Å². The first-order chi connectivity index (χ1) is 29.7. The van der Waals surface area contributed by atoms with Crippen molar-refractivity contribution >= 4 is 99.5 Å². The zero-order valence-electron chi connectivity index (χ0n) is 32.3. The van der Waals surface area contributed by atoms with Crippen molar-refractivity contribution in [2.45, 2.75) is 0 Å². The van der Waals surface area contributed by atoms with Gasteiger partial charge in [0.15, 0.2) is 0 Å². The minimum Gasteiger partial charge on any atom is -0.456 e. The molecule has 0 fully saturated rings. The zero-order chi connectivity index (χ0) is 39.3. The summed E-state index contributed by atoms with van der Waals surface area (Å²) in [5, 5.41) is 9.35. The molecular formula is C56H34N2O2. The molecule has 0 aliphatic heterocycles. The molecule has 0 bridgehead atoms. The van der Waals surface area contributed by atoms with Crippen LogP contribution in [-0.2, 0) is 0 Å². The van der Waals surface area contributed by atoms with E-state index >= 15 is 0 Å². The van der Waals surface area contributed by atoms with Gasteiger partial charge in [-0.15, -0.1) is 0 Å². The Bertz CT molecular complexity index is 3430. The first-order valence-electron chi connectivity index (χ1n) is 20.4. The van der Waals surface area contributed by atoms with Crippen molar-refractivity contribution in [2.75, 3.05) is 9.80 Å². The fraction of sp³-hybridized carbons (Fsp3) is 0. The molecule has 2 aromatic heterocycles. The van der Waals surface area contributed by atoms with Crippen LogP contribution < -0.4 is 9.80 Å². The predicted molar refractivity (Wildman–Crippen MR) is 250 cm³/mol. The lowest BCUT2D eigenvalue weighted by molar-refractivity contribution is 0.668. The molecule has 10 aromatic carbocycles. The summed E-state index contributed by atoms with van der Waals surface area (Å²) >= 11 is 0. The van der Waals surface area contributed by atoms with Crippen LogP contribution in [0.1, 0.15) is 0 Å². The summed E-state index contributed by atoms with van der Waals surface area (Å²) in [6.45, 7) is 0. The van der Waals surface area contributed by atoms with Gasteiger partial charge < -0.3 is 18.6 Å². The monoisotopic (exact) mass is 766 g/mol. The number of nitrogens with zero attached hydrogens (tertiary/aromatic N) is 2. The lowest BCUT2D eigenvalue weighted by atomic mass is 9.78. The molecule has 4 nitrogen and oxygen atoms in total. The Hall–Kier alpha value is -8.08. The molecule has 2 heterocycles. The summed E-state index contributed by atoms with van der Waals surface area (Å²) in [5.74, 6) is 0. The molecule has 4 heteroatoms. The molecule has 280 valence electrons. The molecule has 0 saturated heterocycles. The summed E-state index contributed by atoms with van der Waals surface area (Å²) in [5.41, 5.74) is 15.2. The van der Waals surface area contributed by atoms with E-state index in [9.17, 15) is 0 Å². The lowest BCUT2D eigenvalue weighted by Crippen LogP contribution is -2.10. The minimum absolute atomic E-state index is 0.878. The molecule has 0 radical (unpaired) electrons. The first kappa shape index (κ1) is 32.9. The molecule has 1 aliphatic carbocycles. The summed E-state index contributed by atoms with van der Waals surface area (Å²) in [4.78, 5) is 4.64. The second-order valence-electron chi connectivity index (χ2n) is 15.8. The van der Waals surface area contributed by atoms with E-state index in [1.165, 1.54) is 43.8 Å². The van der Waals surface area contributed by atoms with Gasteiger partial charge in [-0.05, 0) is 153 Å². The van der Waals surface area contributed by atoms with Gasteiger partial charge in [0, 0.05) is 67.8 Å². The van der Waals surface area contributed by atoms with Crippen molar-refractivity contribution in [3.63, 3.8) is 0 Å². The topological polar surface area (TPSA) is 32.8 Å². The van der Waals surface area contributed by atoms with Gasteiger partial charge in [-0.1, -0.05) is 84.9 Å². The maximum Gasteiger partial charge on any atom is 0.137 e. The van der Waals surface area contributed by atoms with E-state index in [2.05, 4.69) is 192 Å². The van der Waals surface area contributed by atoms with Crippen LogP contribution in [0.4, 0.5) is 34.1 Å². The van der Waals surface area contributed by atoms with Crippen molar-refractivity contribution in [3.05, 3.63) is 206 Å². The third kappa shape index (κ3) is 5.04. The molecule has 0 spiro atoms. The molecule has 0 N–H and O–H groups in total. The van der Waals surface area contributed by atoms with Crippen molar-refractivity contribution < 1.29 is 8.83 Å². The second kappa shape index (κ2) is 12.7. The highest BCUT2D eigenvalue weighted by Gasteiger charge is 2.25. The summed E-state index contributed by atoms with van der Waals surface area (Å²) < 4.78 is 12.7. The maximum atomic E-state index is 6.34. The Kier molecular flexibility index (Phi) is 6.98. The van der Waals surface area contributed by atoms with Crippen molar-refractivity contribution in [1.82, 2.24) is 0 Å². The average Bonchev–Trinajstić information content (AvgIpc) is 3.86. The van der Waals surface area contributed by atoms with Gasteiger partial charge in [-0.3, -0.25) is 0 Å². The maximum absolute atomic E-state index is 6.34. The predicted octanol–water partition coefficient (Wildman–Crippen LogP) is 16.4. The normalized spacial score (nSPS) is 12.0. The third-order valence-electron chi connectivity index (χ3n) is 12.3. The highest BCUT2D eigenvalue weighted by atomic mass is 16.3. The number of hydrogen-bond donors (Lipinski definition) is 0. The third-order valence-corrected chi connectivity index (χ3v) is 12.3. The van der Waals surface area contributed by atoms with Gasteiger partial charge in [0.05, 0.1) is 0 Å². The van der Waals surface area contributed by atoms with E-state index in [-0.39, 0.29) is 0 Å². The lowest BCUT2D eigenvalue weighted by Gasteiger charge is -2.28. The fourth-order valence-corrected chi connectivity index (χ4v) is 9.43. The van der Waals surface area contributed by atoms with Crippen LogP contribution in [-0.4, -0.2) is 0 Å². The van der Waals surface area contributed by atoms with Crippen LogP contribution >= 0.6 is 0 Å². The van der Waals surface area contributed by atoms with Crippen LogP contribution in [0.25, 0.3) is 87.7 Å². The molecule has 0 atom stereocenters. The van der Waals surface area contributed by atoms with E-state index in [0.717, 1.165) is 78.0 Å². The number of hydrogen-bond acceptors (Lipinski definition) is 4. The second-order valence-corrected chi connectivity index (χ2v) is 15.8. The Morgan fingerprint density at radius 1 is 0.233 bits per heavy atom. The Morgan fingerprint density at radius 3 is 1.03 bits per heavy atom. The molecule has 0 unspecified atom stereocenters. The number of rotatable bonds is 6. The van der Waals surface area contributed by atoms with E-state index in [0.29, 0.717) is 0 Å². The smallest absolute Gasteiger partial charge is 0.137 e. The molecule has 0 amide bonds. The van der Waals surface area contributed by atoms with E-state index in [4.69, 9.17) is 8.83 Å². The largest absolute Gasteiger partial charge is 0.456 e. The summed E-state index contributed by atoms with van der Waals surface area (Å²) in [7, 11) is 0. The van der Waals surface area contributed by atoms with Crippen molar-refractivity contribution in [2.24, 2.45) is 0 Å². The van der Waals surface area contributed by atoms with E-state index in [1.807, 2.05) is 24.3 Å². The standard InChI is InChI=1S/C56H34N2O2/c1-3-11-39(12-4-1)57(43-23-25-47-45-15-7-9-17-53(45)59-55(47)33-43)41-21-19-35-29-49-50-30-36-20-22-42(28-38(36)32-52(50)51(49)31-37(35)27-41)58(40-13-5-2-6-14-40)44-24-26-48-46-16-8-10-18-54(46)60-56(48)34-44/h1-34H. The molecule has 0 saturated carbocycles. The average molecular weight is 767 g/mol. The number of benzene rings is 10. The molecule has 12 aromatic rings. The molecule has 1 aliphatic rings. The van der Waals surface area contributed by atoms with E-state index in [1.54, 1.807) is 0 Å². The van der Waals surface area contributed by atoms with Gasteiger partial charge in [0.25, 0.3) is 0 Å². The summed E-state index contributed by atoms with van der Waals surface area (Å²) in [6.07, 6.45) is 0. The number of anilines is 6. The highest BCUT2D eigenvalue weighted by Crippen LogP contribution is 2.51. The minimum atomic E-state index is 0.878. The van der Waals surface area contributed by atoms with Crippen LogP contribution in [0.15, 0.2) is 215 Å². The SMILES string of the molecule is c1ccc(N(c2ccc3cc4c(cc3c2)-c2cc3cc(N(c5ccccc5)c5ccc6c(c5)oc5ccccc56)ccc3cc2-4)c2ccc3c(c2)oc2ccccc23)cc1.